The highest BCUT2D eigenvalue weighted by molar-refractivity contribution is 9.12. The molecular weight excluding hydrogens is 346 g/mol. The highest BCUT2D eigenvalue weighted by Crippen LogP contribution is 2.37. The lowest BCUT2D eigenvalue weighted by molar-refractivity contribution is 0.209. The van der Waals surface area contributed by atoms with Crippen LogP contribution in [-0.4, -0.2) is 20.1 Å². The Balaban J connectivity index is 2.40. The fourth-order valence-corrected chi connectivity index (χ4v) is 4.13. The lowest BCUT2D eigenvalue weighted by Gasteiger charge is -2.08. The number of hydrogen-bond donors (Lipinski definition) is 1. The molecule has 0 aromatic carbocycles. The monoisotopic (exact) mass is 351 g/mol. The van der Waals surface area contributed by atoms with Crippen molar-refractivity contribution in [1.29, 1.82) is 0 Å². The first-order valence-corrected chi connectivity index (χ1v) is 6.47. The molecule has 2 rings (SSSR count). The van der Waals surface area contributed by atoms with Crippen LogP contribution in [0.1, 0.15) is 17.4 Å². The Bertz CT molecular complexity index is 482. The van der Waals surface area contributed by atoms with Gasteiger partial charge < -0.3 is 5.11 Å². The largest absolute Gasteiger partial charge is 0.382 e. The molecule has 1 atom stereocenters. The number of thiophene rings is 1. The summed E-state index contributed by atoms with van der Waals surface area (Å²) in [6.07, 6.45) is 0.852. The van der Waals surface area contributed by atoms with Gasteiger partial charge in [-0.1, -0.05) is 5.21 Å². The second kappa shape index (κ2) is 4.32. The Labute approximate surface area is 107 Å². The van der Waals surface area contributed by atoms with Crippen LogP contribution in [0.25, 0.3) is 0 Å². The SMILES string of the molecule is Cn1nncc1C(O)c1cc(Br)sc1Br. The molecule has 2 aromatic heterocycles. The third-order valence-electron chi connectivity index (χ3n) is 2.01. The first kappa shape index (κ1) is 11.3. The van der Waals surface area contributed by atoms with Crippen molar-refractivity contribution >= 4 is 43.2 Å². The van der Waals surface area contributed by atoms with E-state index in [-0.39, 0.29) is 0 Å². The molecule has 4 nitrogen and oxygen atoms in total. The van der Waals surface area contributed by atoms with Crippen LogP contribution in [0.5, 0.6) is 0 Å². The average molecular weight is 353 g/mol. The van der Waals surface area contributed by atoms with E-state index in [4.69, 9.17) is 0 Å². The molecule has 80 valence electrons. The van der Waals surface area contributed by atoms with Crippen LogP contribution in [0.3, 0.4) is 0 Å². The molecule has 0 saturated carbocycles. The first-order chi connectivity index (χ1) is 7.09. The van der Waals surface area contributed by atoms with Gasteiger partial charge in [-0.2, -0.15) is 0 Å². The number of nitrogens with zero attached hydrogens (tertiary/aromatic N) is 3. The van der Waals surface area contributed by atoms with E-state index in [2.05, 4.69) is 42.2 Å². The Morgan fingerprint density at radius 2 is 2.27 bits per heavy atom. The van der Waals surface area contributed by atoms with Gasteiger partial charge in [-0.3, -0.25) is 0 Å². The predicted molar refractivity (Wildman–Crippen MR) is 64.8 cm³/mol. The quantitative estimate of drug-likeness (QED) is 0.903. The summed E-state index contributed by atoms with van der Waals surface area (Å²) >= 11 is 8.30. The van der Waals surface area contributed by atoms with E-state index in [1.54, 1.807) is 17.9 Å². The van der Waals surface area contributed by atoms with Crippen LogP contribution in [0.2, 0.25) is 0 Å². The van der Waals surface area contributed by atoms with Crippen molar-refractivity contribution in [3.63, 3.8) is 0 Å². The van der Waals surface area contributed by atoms with Crippen molar-refractivity contribution in [3.8, 4) is 0 Å². The summed E-state index contributed by atoms with van der Waals surface area (Å²) in [7, 11) is 1.75. The van der Waals surface area contributed by atoms with Crippen molar-refractivity contribution < 1.29 is 5.11 Å². The lowest BCUT2D eigenvalue weighted by atomic mass is 10.1. The molecule has 15 heavy (non-hydrogen) atoms. The number of hydrogen-bond acceptors (Lipinski definition) is 4. The highest BCUT2D eigenvalue weighted by atomic mass is 79.9. The molecule has 0 spiro atoms. The van der Waals surface area contributed by atoms with Gasteiger partial charge in [-0.15, -0.1) is 16.4 Å². The molecule has 0 bridgehead atoms. The zero-order valence-electron chi connectivity index (χ0n) is 7.69. The third kappa shape index (κ3) is 2.15. The molecule has 2 aromatic rings. The van der Waals surface area contributed by atoms with Crippen molar-refractivity contribution in [2.45, 2.75) is 6.10 Å². The van der Waals surface area contributed by atoms with E-state index in [0.29, 0.717) is 5.69 Å². The van der Waals surface area contributed by atoms with Crippen LogP contribution in [0.4, 0.5) is 0 Å². The highest BCUT2D eigenvalue weighted by Gasteiger charge is 2.19. The summed E-state index contributed by atoms with van der Waals surface area (Å²) < 4.78 is 3.43. The molecule has 0 fully saturated rings. The molecule has 0 saturated heterocycles. The zero-order valence-corrected chi connectivity index (χ0v) is 11.7. The maximum Gasteiger partial charge on any atom is 0.124 e. The van der Waals surface area contributed by atoms with Crippen LogP contribution in [0, 0.1) is 0 Å². The second-order valence-electron chi connectivity index (χ2n) is 2.96. The molecule has 1 unspecified atom stereocenters. The molecule has 0 radical (unpaired) electrons. The normalized spacial score (nSPS) is 13.1. The van der Waals surface area contributed by atoms with Crippen molar-refractivity contribution in [2.75, 3.05) is 0 Å². The van der Waals surface area contributed by atoms with Crippen molar-refractivity contribution in [2.24, 2.45) is 7.05 Å². The van der Waals surface area contributed by atoms with E-state index in [0.717, 1.165) is 13.1 Å². The minimum absolute atomic E-state index is 0.668. The van der Waals surface area contributed by atoms with Crippen LogP contribution in [-0.2, 0) is 7.05 Å². The van der Waals surface area contributed by atoms with Crippen LogP contribution >= 0.6 is 43.2 Å². The summed E-state index contributed by atoms with van der Waals surface area (Å²) in [6, 6.07) is 1.88. The van der Waals surface area contributed by atoms with Crippen molar-refractivity contribution in [1.82, 2.24) is 15.0 Å². The van der Waals surface area contributed by atoms with Gasteiger partial charge in [0.1, 0.15) is 6.10 Å². The number of aliphatic hydroxyl groups is 1. The summed E-state index contributed by atoms with van der Waals surface area (Å²) in [5, 5.41) is 17.6. The number of aromatic nitrogens is 3. The average Bonchev–Trinajstić information content (AvgIpc) is 2.71. The predicted octanol–water partition coefficient (Wildman–Crippen LogP) is 2.48. The van der Waals surface area contributed by atoms with E-state index in [1.807, 2.05) is 6.07 Å². The summed E-state index contributed by atoms with van der Waals surface area (Å²) in [5.41, 5.74) is 1.48. The van der Waals surface area contributed by atoms with Gasteiger partial charge in [0.2, 0.25) is 0 Å². The number of halogens is 2. The maximum absolute atomic E-state index is 10.1. The Morgan fingerprint density at radius 1 is 1.53 bits per heavy atom. The zero-order chi connectivity index (χ0) is 11.0. The molecule has 2 heterocycles. The van der Waals surface area contributed by atoms with Gasteiger partial charge in [0.15, 0.2) is 0 Å². The fraction of sp³-hybridized carbons (Fsp3) is 0.250. The topological polar surface area (TPSA) is 50.9 Å². The van der Waals surface area contributed by atoms with E-state index in [9.17, 15) is 5.11 Å². The molecule has 0 aliphatic heterocycles. The Kier molecular flexibility index (Phi) is 3.24. The van der Waals surface area contributed by atoms with Crippen LogP contribution < -0.4 is 0 Å². The van der Waals surface area contributed by atoms with E-state index in [1.165, 1.54) is 11.3 Å². The molecule has 0 amide bonds. The standard InChI is InChI=1S/C8H7Br2N3OS/c1-13-5(3-11-12-13)7(14)4-2-6(9)15-8(4)10/h2-3,7,14H,1H3. The van der Waals surface area contributed by atoms with Gasteiger partial charge in [-0.25, -0.2) is 4.68 Å². The molecule has 7 heteroatoms. The summed E-state index contributed by atoms with van der Waals surface area (Å²) in [4.78, 5) is 0. The lowest BCUT2D eigenvalue weighted by Crippen LogP contribution is -2.06. The van der Waals surface area contributed by atoms with E-state index < -0.39 is 6.10 Å². The summed E-state index contributed by atoms with van der Waals surface area (Å²) in [6.45, 7) is 0. The van der Waals surface area contributed by atoms with Gasteiger partial charge in [0, 0.05) is 12.6 Å². The minimum atomic E-state index is -0.707. The third-order valence-corrected chi connectivity index (χ3v) is 4.39. The maximum atomic E-state index is 10.1. The summed E-state index contributed by atoms with van der Waals surface area (Å²) in [5.74, 6) is 0. The Hall–Kier alpha value is -0.240. The smallest absolute Gasteiger partial charge is 0.124 e. The van der Waals surface area contributed by atoms with Crippen LogP contribution in [0.15, 0.2) is 19.8 Å². The molecular formula is C8H7Br2N3OS. The minimum Gasteiger partial charge on any atom is -0.382 e. The van der Waals surface area contributed by atoms with Gasteiger partial charge >= 0.3 is 0 Å². The fourth-order valence-electron chi connectivity index (χ4n) is 1.24. The molecule has 0 aliphatic rings. The number of aliphatic hydroxyl groups excluding tert-OH is 1. The molecule has 0 aliphatic carbocycles. The number of rotatable bonds is 2. The van der Waals surface area contributed by atoms with E-state index >= 15 is 0 Å². The van der Waals surface area contributed by atoms with Gasteiger partial charge in [0.05, 0.1) is 19.5 Å². The molecule has 1 N–H and O–H groups in total. The first-order valence-electron chi connectivity index (χ1n) is 4.07. The Morgan fingerprint density at radius 3 is 2.73 bits per heavy atom. The van der Waals surface area contributed by atoms with Gasteiger partial charge in [-0.05, 0) is 37.9 Å². The number of aryl methyl sites for hydroxylation is 1. The van der Waals surface area contributed by atoms with Crippen molar-refractivity contribution in [3.05, 3.63) is 31.1 Å². The second-order valence-corrected chi connectivity index (χ2v) is 6.71. The van der Waals surface area contributed by atoms with Gasteiger partial charge in [0.25, 0.3) is 0 Å².